The van der Waals surface area contributed by atoms with Gasteiger partial charge in [-0.2, -0.15) is 0 Å². The smallest absolute Gasteiger partial charge is 0.459 e. The van der Waals surface area contributed by atoms with Gasteiger partial charge in [0.2, 0.25) is 6.41 Å². The van der Waals surface area contributed by atoms with Crippen LogP contribution in [0.15, 0.2) is 36.5 Å². The molecule has 2 amide bonds. The van der Waals surface area contributed by atoms with Gasteiger partial charge in [-0.05, 0) is 25.0 Å². The molecular weight excluding hydrogens is 403 g/mol. The Morgan fingerprint density at radius 1 is 1.33 bits per heavy atom. The van der Waals surface area contributed by atoms with Crippen molar-refractivity contribution in [3.63, 3.8) is 0 Å². The number of hydrogen-bond acceptors (Lipinski definition) is 8. The molecule has 0 aromatic heterocycles. The number of methoxy groups -OCH3 is 1. The summed E-state index contributed by atoms with van der Waals surface area (Å²) in [6, 6.07) is 5.61. The number of benzene rings is 1. The molecule has 0 spiro atoms. The average Bonchev–Trinajstić information content (AvgIpc) is 3.20. The molecule has 2 N–H and O–H groups in total. The lowest BCUT2D eigenvalue weighted by Gasteiger charge is -2.22. The molecule has 11 heteroatoms. The predicted octanol–water partition coefficient (Wildman–Crippen LogP) is 1.52. The van der Waals surface area contributed by atoms with Gasteiger partial charge in [-0.25, -0.2) is 14.0 Å². The highest BCUT2D eigenvalue weighted by molar-refractivity contribution is 5.94. The van der Waals surface area contributed by atoms with Gasteiger partial charge in [-0.1, -0.05) is 12.1 Å². The first-order chi connectivity index (χ1) is 14.3. The number of imide groups is 1. The highest BCUT2D eigenvalue weighted by Crippen LogP contribution is 2.22. The maximum Gasteiger partial charge on any atom is 0.505 e. The van der Waals surface area contributed by atoms with E-state index in [2.05, 4.69) is 4.74 Å². The number of carbonyl (C=O) groups excluding carboxylic acids is 3. The Morgan fingerprint density at radius 2 is 2.00 bits per heavy atom. The van der Waals surface area contributed by atoms with Crippen LogP contribution in [0.1, 0.15) is 23.2 Å². The summed E-state index contributed by atoms with van der Waals surface area (Å²) in [5.74, 6) is -1.89. The lowest BCUT2D eigenvalue weighted by molar-refractivity contribution is -0.121. The van der Waals surface area contributed by atoms with Crippen molar-refractivity contribution in [2.45, 2.75) is 25.2 Å². The Balaban J connectivity index is 0.000000804. The monoisotopic (exact) mass is 426 g/mol. The third kappa shape index (κ3) is 8.69. The van der Waals surface area contributed by atoms with Crippen molar-refractivity contribution in [3.8, 4) is 0 Å². The van der Waals surface area contributed by atoms with Crippen LogP contribution in [0, 0.1) is 5.82 Å². The molecule has 0 bridgehead atoms. The van der Waals surface area contributed by atoms with Gasteiger partial charge in [0, 0.05) is 19.3 Å². The van der Waals surface area contributed by atoms with E-state index in [1.165, 1.54) is 30.5 Å². The Hall–Kier alpha value is -3.47. The number of rotatable bonds is 7. The summed E-state index contributed by atoms with van der Waals surface area (Å²) in [4.78, 5) is 44.0. The molecule has 1 aromatic carbocycles. The molecule has 164 valence electrons. The topological polar surface area (TPSA) is 131 Å². The number of halogens is 1. The van der Waals surface area contributed by atoms with E-state index in [1.54, 1.807) is 18.0 Å². The summed E-state index contributed by atoms with van der Waals surface area (Å²) in [7, 11) is 2.82. The van der Waals surface area contributed by atoms with Gasteiger partial charge in [0.15, 0.2) is 0 Å². The van der Waals surface area contributed by atoms with E-state index in [-0.39, 0.29) is 24.5 Å². The first kappa shape index (κ1) is 24.6. The van der Waals surface area contributed by atoms with Crippen LogP contribution in [0.2, 0.25) is 0 Å². The van der Waals surface area contributed by atoms with Crippen molar-refractivity contribution >= 4 is 24.4 Å². The molecule has 2 atom stereocenters. The normalized spacial score (nSPS) is 17.4. The van der Waals surface area contributed by atoms with Gasteiger partial charge in [0.25, 0.3) is 5.91 Å². The quantitative estimate of drug-likeness (QED) is 0.378. The van der Waals surface area contributed by atoms with Crippen LogP contribution in [0.4, 0.5) is 9.18 Å². The summed E-state index contributed by atoms with van der Waals surface area (Å²) in [5, 5.41) is 9.49. The third-order valence-electron chi connectivity index (χ3n) is 3.87. The Bertz CT molecular complexity index is 771. The van der Waals surface area contributed by atoms with Crippen LogP contribution in [0.5, 0.6) is 0 Å². The van der Waals surface area contributed by atoms with Crippen LogP contribution in [-0.2, 0) is 23.8 Å². The second-order valence-corrected chi connectivity index (χ2v) is 5.95. The van der Waals surface area contributed by atoms with Crippen LogP contribution in [0.3, 0.4) is 0 Å². The van der Waals surface area contributed by atoms with E-state index in [0.29, 0.717) is 19.3 Å². The second-order valence-electron chi connectivity index (χ2n) is 5.95. The highest BCUT2D eigenvalue weighted by Gasteiger charge is 2.28. The van der Waals surface area contributed by atoms with Crippen LogP contribution >= 0.6 is 0 Å². The van der Waals surface area contributed by atoms with Crippen molar-refractivity contribution in [1.29, 1.82) is 0 Å². The number of ether oxygens (including phenoxy) is 3. The van der Waals surface area contributed by atoms with Gasteiger partial charge >= 0.3 is 12.1 Å². The first-order valence-corrected chi connectivity index (χ1v) is 8.76. The Labute approximate surface area is 172 Å². The molecule has 10 nitrogen and oxygen atoms in total. The van der Waals surface area contributed by atoms with E-state index in [1.807, 2.05) is 5.32 Å². The van der Waals surface area contributed by atoms with Gasteiger partial charge in [-0.3, -0.25) is 14.9 Å². The molecule has 1 heterocycles. The summed E-state index contributed by atoms with van der Waals surface area (Å²) in [5.41, 5.74) is -0.113. The van der Waals surface area contributed by atoms with Gasteiger partial charge in [0.1, 0.15) is 18.7 Å². The molecule has 0 aliphatic carbocycles. The molecule has 30 heavy (non-hydrogen) atoms. The number of carboxylic acid groups (broad SMARTS) is 1. The lowest BCUT2D eigenvalue weighted by Crippen LogP contribution is -2.29. The van der Waals surface area contributed by atoms with Crippen molar-refractivity contribution in [3.05, 3.63) is 47.9 Å². The summed E-state index contributed by atoms with van der Waals surface area (Å²) < 4.78 is 28.0. The fourth-order valence-electron chi connectivity index (χ4n) is 2.37. The summed E-state index contributed by atoms with van der Waals surface area (Å²) >= 11 is 0. The Kier molecular flexibility index (Phi) is 10.6. The number of amides is 2. The second kappa shape index (κ2) is 12.9. The zero-order valence-corrected chi connectivity index (χ0v) is 16.4. The van der Waals surface area contributed by atoms with Crippen molar-refractivity contribution in [1.82, 2.24) is 10.2 Å². The van der Waals surface area contributed by atoms with E-state index in [0.717, 1.165) is 7.11 Å². The average molecular weight is 426 g/mol. The first-order valence-electron chi connectivity index (χ1n) is 8.76. The fourth-order valence-corrected chi connectivity index (χ4v) is 2.37. The van der Waals surface area contributed by atoms with Crippen LogP contribution < -0.4 is 5.32 Å². The largest absolute Gasteiger partial charge is 0.505 e. The minimum atomic E-state index is -1.25. The van der Waals surface area contributed by atoms with E-state index < -0.39 is 23.8 Å². The molecule has 0 saturated carbocycles. The number of esters is 1. The summed E-state index contributed by atoms with van der Waals surface area (Å²) in [6.45, 7) is 0.0207. The van der Waals surface area contributed by atoms with Crippen molar-refractivity contribution in [2.24, 2.45) is 0 Å². The molecule has 1 aromatic rings. The van der Waals surface area contributed by atoms with E-state index >= 15 is 0 Å². The fraction of sp³-hybridized carbons (Fsp3) is 0.368. The van der Waals surface area contributed by atoms with Gasteiger partial charge in [0.05, 0.1) is 18.8 Å². The predicted molar refractivity (Wildman–Crippen MR) is 101 cm³/mol. The molecule has 2 rings (SSSR count). The number of hydrogen-bond donors (Lipinski definition) is 2. The maximum absolute atomic E-state index is 13.5. The minimum Gasteiger partial charge on any atom is -0.459 e. The highest BCUT2D eigenvalue weighted by atomic mass is 19.1. The minimum absolute atomic E-state index is 0.0207. The zero-order chi connectivity index (χ0) is 22.5. The van der Waals surface area contributed by atoms with Gasteiger partial charge in [-0.15, -0.1) is 0 Å². The standard InChI is InChI=1S/C17H19FN2O5.C2H4O3/c1-20(9-8-15(22)19-11-21)16-7-6-12(25-16)10-24-17(23)13-4-2-3-5-14(13)18;1-5-2(3)4/h2-5,8-9,11-12,16H,6-7,10H2,1H3,(H,19,21,22);1H3,(H,3,4)/b9-8-;. The number of carbonyl (C=O) groups is 4. The SMILES string of the molecule is CN(/C=C\C(=O)NC=O)C1CCC(COC(=O)c2ccccc2F)O1.COC(=O)O. The maximum atomic E-state index is 13.5. The molecule has 1 fully saturated rings. The van der Waals surface area contributed by atoms with Crippen molar-refractivity contribution in [2.75, 3.05) is 20.8 Å². The van der Waals surface area contributed by atoms with E-state index in [9.17, 15) is 18.8 Å². The molecule has 1 aliphatic rings. The van der Waals surface area contributed by atoms with Gasteiger partial charge < -0.3 is 24.2 Å². The lowest BCUT2D eigenvalue weighted by atomic mass is 10.2. The molecule has 1 aliphatic heterocycles. The van der Waals surface area contributed by atoms with E-state index in [4.69, 9.17) is 19.4 Å². The number of nitrogens with zero attached hydrogens (tertiary/aromatic N) is 1. The Morgan fingerprint density at radius 3 is 2.60 bits per heavy atom. The molecular formula is C19H23FN2O8. The molecule has 0 radical (unpaired) electrons. The summed E-state index contributed by atoms with van der Waals surface area (Å²) in [6.07, 6.45) is 2.52. The van der Waals surface area contributed by atoms with Crippen LogP contribution in [-0.4, -0.2) is 67.5 Å². The third-order valence-corrected chi connectivity index (χ3v) is 3.87. The van der Waals surface area contributed by atoms with Crippen molar-refractivity contribution < 1.29 is 42.9 Å². The molecule has 1 saturated heterocycles. The number of nitrogens with one attached hydrogen (secondary N) is 1. The van der Waals surface area contributed by atoms with Crippen LogP contribution in [0.25, 0.3) is 0 Å². The zero-order valence-electron chi connectivity index (χ0n) is 16.4. The molecule has 2 unspecified atom stereocenters.